The highest BCUT2D eigenvalue weighted by Crippen LogP contribution is 2.27. The van der Waals surface area contributed by atoms with E-state index in [1.54, 1.807) is 18.3 Å². The summed E-state index contributed by atoms with van der Waals surface area (Å²) in [4.78, 5) is 11.8. The van der Waals surface area contributed by atoms with Gasteiger partial charge in [0.25, 0.3) is 0 Å². The minimum atomic E-state index is -0.358. The fraction of sp³-hybridized carbons (Fsp3) is 0.286. The van der Waals surface area contributed by atoms with Crippen LogP contribution < -0.4 is 0 Å². The number of halogens is 1. The Bertz CT molecular complexity index is 1180. The summed E-state index contributed by atoms with van der Waals surface area (Å²) in [6, 6.07) is 9.35. The van der Waals surface area contributed by atoms with Gasteiger partial charge in [0.05, 0.1) is 42.6 Å². The van der Waals surface area contributed by atoms with Crippen molar-refractivity contribution in [2.24, 2.45) is 5.92 Å². The second-order valence-electron chi connectivity index (χ2n) is 7.29. The Morgan fingerprint density at radius 1 is 1.11 bits per heavy atom. The summed E-state index contributed by atoms with van der Waals surface area (Å²) in [7, 11) is 1.38. The van der Waals surface area contributed by atoms with Crippen molar-refractivity contribution in [3.8, 4) is 0 Å². The first-order valence-corrected chi connectivity index (χ1v) is 9.52. The summed E-state index contributed by atoms with van der Waals surface area (Å²) in [5.41, 5.74) is 3.58. The van der Waals surface area contributed by atoms with Gasteiger partial charge >= 0.3 is 5.97 Å². The van der Waals surface area contributed by atoms with Crippen LogP contribution in [0.3, 0.4) is 0 Å². The second kappa shape index (κ2) is 7.28. The fourth-order valence-corrected chi connectivity index (χ4v) is 3.75. The van der Waals surface area contributed by atoms with Crippen LogP contribution in [0, 0.1) is 5.92 Å². The maximum Gasteiger partial charge on any atom is 0.337 e. The van der Waals surface area contributed by atoms with Crippen LogP contribution in [0.4, 0.5) is 0 Å². The molecule has 2 aromatic heterocycles. The third-order valence-electron chi connectivity index (χ3n) is 4.70. The normalized spacial score (nSPS) is 11.6. The van der Waals surface area contributed by atoms with Gasteiger partial charge in [0, 0.05) is 27.9 Å². The monoisotopic (exact) mass is 396 g/mol. The molecule has 0 aliphatic heterocycles. The molecule has 4 rings (SSSR count). The summed E-state index contributed by atoms with van der Waals surface area (Å²) in [6.45, 7) is 5.73. The van der Waals surface area contributed by atoms with Crippen LogP contribution in [0.15, 0.2) is 42.7 Å². The Morgan fingerprint density at radius 2 is 1.86 bits per heavy atom. The Balaban J connectivity index is 1.77. The van der Waals surface area contributed by atoms with E-state index in [0.29, 0.717) is 23.0 Å². The largest absolute Gasteiger partial charge is 0.465 e. The zero-order valence-corrected chi connectivity index (χ0v) is 16.8. The van der Waals surface area contributed by atoms with Gasteiger partial charge in [-0.2, -0.15) is 10.2 Å². The molecule has 2 aromatic carbocycles. The van der Waals surface area contributed by atoms with Crippen molar-refractivity contribution in [2.75, 3.05) is 7.11 Å². The third-order valence-corrected chi connectivity index (χ3v) is 4.92. The van der Waals surface area contributed by atoms with Gasteiger partial charge in [0.2, 0.25) is 0 Å². The molecule has 0 unspecified atom stereocenters. The molecule has 0 saturated carbocycles. The van der Waals surface area contributed by atoms with E-state index in [1.165, 1.54) is 7.11 Å². The minimum Gasteiger partial charge on any atom is -0.465 e. The molecule has 2 heterocycles. The van der Waals surface area contributed by atoms with Gasteiger partial charge in [0.15, 0.2) is 0 Å². The zero-order valence-electron chi connectivity index (χ0n) is 16.0. The maximum absolute atomic E-state index is 11.8. The molecule has 0 bridgehead atoms. The molecule has 4 aromatic rings. The van der Waals surface area contributed by atoms with Gasteiger partial charge in [-0.3, -0.25) is 9.36 Å². The zero-order chi connectivity index (χ0) is 19.8. The van der Waals surface area contributed by atoms with Crippen LogP contribution in [0.25, 0.3) is 21.8 Å². The van der Waals surface area contributed by atoms with E-state index in [-0.39, 0.29) is 5.97 Å². The molecule has 0 radical (unpaired) electrons. The number of rotatable bonds is 5. The van der Waals surface area contributed by atoms with Gasteiger partial charge in [0.1, 0.15) is 0 Å². The molecule has 28 heavy (non-hydrogen) atoms. The van der Waals surface area contributed by atoms with E-state index >= 15 is 0 Å². The average Bonchev–Trinajstić information content (AvgIpc) is 3.24. The standard InChI is InChI=1S/C21H21ClN4O2/c1-13(2)11-26-20-16(10-24-26)7-18(22)8-17(20)12-25-19-5-4-14(21(27)28-3)6-15(19)9-23-25/h4-10,13H,11-12H2,1-3H3. The fourth-order valence-electron chi connectivity index (χ4n) is 3.51. The van der Waals surface area contributed by atoms with Crippen LogP contribution in [0.5, 0.6) is 0 Å². The van der Waals surface area contributed by atoms with Crippen LogP contribution in [0.1, 0.15) is 29.8 Å². The highest BCUT2D eigenvalue weighted by atomic mass is 35.5. The molecule has 144 valence electrons. The highest BCUT2D eigenvalue weighted by molar-refractivity contribution is 6.31. The first-order valence-electron chi connectivity index (χ1n) is 9.14. The summed E-state index contributed by atoms with van der Waals surface area (Å²) in [5, 5.41) is 11.7. The Morgan fingerprint density at radius 3 is 2.61 bits per heavy atom. The Hall–Kier alpha value is -2.86. The van der Waals surface area contributed by atoms with Crippen LogP contribution in [-0.4, -0.2) is 32.6 Å². The number of ether oxygens (including phenoxy) is 1. The number of carbonyl (C=O) groups excluding carboxylic acids is 1. The van der Waals surface area contributed by atoms with E-state index in [4.69, 9.17) is 16.3 Å². The van der Waals surface area contributed by atoms with Crippen LogP contribution in [0.2, 0.25) is 5.02 Å². The number of benzene rings is 2. The quantitative estimate of drug-likeness (QED) is 0.465. The topological polar surface area (TPSA) is 61.9 Å². The number of carbonyl (C=O) groups is 1. The predicted octanol–water partition coefficient (Wildman–Crippen LogP) is 4.53. The smallest absolute Gasteiger partial charge is 0.337 e. The molecule has 0 atom stereocenters. The van der Waals surface area contributed by atoms with Gasteiger partial charge < -0.3 is 4.74 Å². The summed E-state index contributed by atoms with van der Waals surface area (Å²) >= 11 is 6.35. The highest BCUT2D eigenvalue weighted by Gasteiger charge is 2.14. The Labute approximate surface area is 167 Å². The number of fused-ring (bicyclic) bond motifs is 2. The number of methoxy groups -OCH3 is 1. The number of esters is 1. The molecule has 0 fully saturated rings. The molecule has 0 amide bonds. The average molecular weight is 397 g/mol. The lowest BCUT2D eigenvalue weighted by atomic mass is 10.1. The molecule has 0 spiro atoms. The van der Waals surface area contributed by atoms with Crippen molar-refractivity contribution < 1.29 is 9.53 Å². The van der Waals surface area contributed by atoms with E-state index < -0.39 is 0 Å². The Kier molecular flexibility index (Phi) is 4.81. The first kappa shape index (κ1) is 18.5. The molecular weight excluding hydrogens is 376 g/mol. The molecule has 0 aliphatic rings. The van der Waals surface area contributed by atoms with Crippen molar-refractivity contribution >= 4 is 39.4 Å². The summed E-state index contributed by atoms with van der Waals surface area (Å²) in [6.07, 6.45) is 3.62. The van der Waals surface area contributed by atoms with E-state index in [9.17, 15) is 4.79 Å². The second-order valence-corrected chi connectivity index (χ2v) is 7.73. The third kappa shape index (κ3) is 3.36. The van der Waals surface area contributed by atoms with Crippen molar-refractivity contribution in [3.63, 3.8) is 0 Å². The minimum absolute atomic E-state index is 0.358. The molecule has 0 saturated heterocycles. The number of hydrogen-bond acceptors (Lipinski definition) is 4. The van der Waals surface area contributed by atoms with Crippen molar-refractivity contribution in [1.82, 2.24) is 19.6 Å². The first-order chi connectivity index (χ1) is 13.5. The van der Waals surface area contributed by atoms with Gasteiger partial charge in [-0.05, 0) is 36.2 Å². The lowest BCUT2D eigenvalue weighted by Gasteiger charge is -2.12. The van der Waals surface area contributed by atoms with E-state index in [2.05, 4.69) is 24.0 Å². The van der Waals surface area contributed by atoms with E-state index in [0.717, 1.165) is 33.9 Å². The van der Waals surface area contributed by atoms with Crippen molar-refractivity contribution in [1.29, 1.82) is 0 Å². The molecule has 7 heteroatoms. The number of nitrogens with zero attached hydrogens (tertiary/aromatic N) is 4. The van der Waals surface area contributed by atoms with Crippen molar-refractivity contribution in [3.05, 3.63) is 58.9 Å². The molecule has 0 N–H and O–H groups in total. The summed E-state index contributed by atoms with van der Waals surface area (Å²) in [5.74, 6) is 0.123. The molecular formula is C21H21ClN4O2. The lowest BCUT2D eigenvalue weighted by molar-refractivity contribution is 0.0601. The van der Waals surface area contributed by atoms with Crippen molar-refractivity contribution in [2.45, 2.75) is 26.9 Å². The van der Waals surface area contributed by atoms with Gasteiger partial charge in [-0.15, -0.1) is 0 Å². The van der Waals surface area contributed by atoms with Gasteiger partial charge in [-0.1, -0.05) is 25.4 Å². The molecule has 6 nitrogen and oxygen atoms in total. The number of hydrogen-bond donors (Lipinski definition) is 0. The SMILES string of the molecule is COC(=O)c1ccc2c(cnn2Cc2cc(Cl)cc3cnn(CC(C)C)c23)c1. The lowest BCUT2D eigenvalue weighted by Crippen LogP contribution is -2.09. The van der Waals surface area contributed by atoms with E-state index in [1.807, 2.05) is 33.8 Å². The van der Waals surface area contributed by atoms with Crippen LogP contribution in [-0.2, 0) is 17.8 Å². The number of aromatic nitrogens is 4. The van der Waals surface area contributed by atoms with Gasteiger partial charge in [-0.25, -0.2) is 4.79 Å². The maximum atomic E-state index is 11.8. The predicted molar refractivity (Wildman–Crippen MR) is 110 cm³/mol. The summed E-state index contributed by atoms with van der Waals surface area (Å²) < 4.78 is 8.74. The molecule has 0 aliphatic carbocycles. The van der Waals surface area contributed by atoms with Crippen LogP contribution >= 0.6 is 11.6 Å².